The standard InChI is InChI=1S/C42H28N2Si/c1-3-11-34(12-4-1)45(35-13-5-2-6-14-35)39-16-8-7-15-36(39)37-28-33(24-26-40(37)45)29-17-19-30(20-18-29)38-25-23-32-22-21-31-10-9-27-43-41(31)42(32)44-38/h1-28H. The van der Waals surface area contributed by atoms with Gasteiger partial charge in [0.1, 0.15) is 0 Å². The molecule has 3 heterocycles. The molecule has 1 aliphatic heterocycles. The van der Waals surface area contributed by atoms with Gasteiger partial charge in [-0.15, -0.1) is 0 Å². The lowest BCUT2D eigenvalue weighted by atomic mass is 9.98. The van der Waals surface area contributed by atoms with Crippen LogP contribution in [0.4, 0.5) is 0 Å². The molecule has 0 aliphatic carbocycles. The minimum Gasteiger partial charge on any atom is -0.254 e. The number of hydrogen-bond acceptors (Lipinski definition) is 2. The van der Waals surface area contributed by atoms with Gasteiger partial charge in [0, 0.05) is 22.5 Å². The Morgan fingerprint density at radius 3 is 1.76 bits per heavy atom. The van der Waals surface area contributed by atoms with Gasteiger partial charge in [-0.3, -0.25) is 4.98 Å². The van der Waals surface area contributed by atoms with Gasteiger partial charge >= 0.3 is 0 Å². The molecule has 0 unspecified atom stereocenters. The lowest BCUT2D eigenvalue weighted by Crippen LogP contribution is -2.72. The number of pyridine rings is 2. The SMILES string of the molecule is c1ccc([Si]2(c3ccccc3)c3ccccc3-c3cc(-c4ccc(-c5ccc6ccc7cccnc7c6n5)cc4)ccc32)cc1. The molecular weight excluding hydrogens is 561 g/mol. The molecular formula is C42H28N2Si. The van der Waals surface area contributed by atoms with E-state index in [9.17, 15) is 0 Å². The molecule has 0 N–H and O–H groups in total. The van der Waals surface area contributed by atoms with Crippen LogP contribution in [0.25, 0.3) is 55.3 Å². The Balaban J connectivity index is 1.16. The summed E-state index contributed by atoms with van der Waals surface area (Å²) in [5, 5.41) is 7.98. The number of hydrogen-bond donors (Lipinski definition) is 0. The third-order valence-corrected chi connectivity index (χ3v) is 14.3. The third kappa shape index (κ3) is 3.95. The third-order valence-electron chi connectivity index (χ3n) is 9.40. The predicted molar refractivity (Wildman–Crippen MR) is 191 cm³/mol. The molecule has 6 aromatic carbocycles. The maximum atomic E-state index is 5.06. The normalized spacial score (nSPS) is 13.1. The second kappa shape index (κ2) is 10.2. The average molecular weight is 589 g/mol. The number of aromatic nitrogens is 2. The van der Waals surface area contributed by atoms with Gasteiger partial charge in [-0.25, -0.2) is 4.98 Å². The van der Waals surface area contributed by atoms with Crippen molar-refractivity contribution in [3.8, 4) is 33.5 Å². The van der Waals surface area contributed by atoms with E-state index < -0.39 is 8.07 Å². The van der Waals surface area contributed by atoms with Gasteiger partial charge in [-0.05, 0) is 61.2 Å². The van der Waals surface area contributed by atoms with Crippen molar-refractivity contribution in [2.24, 2.45) is 0 Å². The predicted octanol–water partition coefficient (Wildman–Crippen LogP) is 7.47. The van der Waals surface area contributed by atoms with Gasteiger partial charge in [0.15, 0.2) is 8.07 Å². The largest absolute Gasteiger partial charge is 0.254 e. The van der Waals surface area contributed by atoms with E-state index in [1.165, 1.54) is 43.0 Å². The van der Waals surface area contributed by atoms with E-state index in [0.717, 1.165) is 33.1 Å². The van der Waals surface area contributed by atoms with Gasteiger partial charge in [0.05, 0.1) is 16.7 Å². The molecule has 2 aromatic heterocycles. The Hall–Kier alpha value is -5.64. The minimum absolute atomic E-state index is 0.941. The highest BCUT2D eigenvalue weighted by molar-refractivity contribution is 7.22. The van der Waals surface area contributed by atoms with Gasteiger partial charge < -0.3 is 0 Å². The maximum Gasteiger partial charge on any atom is 0.180 e. The number of fused-ring (bicyclic) bond motifs is 6. The Bertz CT molecular complexity index is 2330. The highest BCUT2D eigenvalue weighted by Crippen LogP contribution is 2.33. The van der Waals surface area contributed by atoms with Crippen LogP contribution < -0.4 is 20.7 Å². The second-order valence-electron chi connectivity index (χ2n) is 11.8. The van der Waals surface area contributed by atoms with Crippen LogP contribution in [-0.4, -0.2) is 18.0 Å². The van der Waals surface area contributed by atoms with Crippen molar-refractivity contribution >= 4 is 50.6 Å². The fourth-order valence-corrected chi connectivity index (χ4v) is 12.5. The highest BCUT2D eigenvalue weighted by atomic mass is 28.3. The monoisotopic (exact) mass is 588 g/mol. The summed E-state index contributed by atoms with van der Waals surface area (Å²) >= 11 is 0. The van der Waals surface area contributed by atoms with Crippen molar-refractivity contribution in [3.05, 3.63) is 170 Å². The summed E-state index contributed by atoms with van der Waals surface area (Å²) in [4.78, 5) is 9.70. The summed E-state index contributed by atoms with van der Waals surface area (Å²) < 4.78 is 0. The van der Waals surface area contributed by atoms with Crippen molar-refractivity contribution in [1.82, 2.24) is 9.97 Å². The first-order valence-corrected chi connectivity index (χ1v) is 17.4. The van der Waals surface area contributed by atoms with Crippen molar-refractivity contribution in [2.75, 3.05) is 0 Å². The zero-order valence-corrected chi connectivity index (χ0v) is 25.6. The topological polar surface area (TPSA) is 25.8 Å². The summed E-state index contributed by atoms with van der Waals surface area (Å²) in [5.74, 6) is 0. The van der Waals surface area contributed by atoms with Gasteiger partial charge in [0.2, 0.25) is 0 Å². The van der Waals surface area contributed by atoms with E-state index >= 15 is 0 Å². The molecule has 0 atom stereocenters. The molecule has 0 amide bonds. The van der Waals surface area contributed by atoms with E-state index in [1.54, 1.807) is 0 Å². The summed E-state index contributed by atoms with van der Waals surface area (Å²) in [5.41, 5.74) is 9.06. The average Bonchev–Trinajstić information content (AvgIpc) is 3.43. The molecule has 3 heteroatoms. The van der Waals surface area contributed by atoms with Crippen LogP contribution in [0.15, 0.2) is 170 Å². The highest BCUT2D eigenvalue weighted by Gasteiger charge is 2.48. The van der Waals surface area contributed by atoms with E-state index in [0.29, 0.717) is 0 Å². The van der Waals surface area contributed by atoms with Crippen LogP contribution in [0.2, 0.25) is 0 Å². The van der Waals surface area contributed by atoms with Crippen molar-refractivity contribution in [3.63, 3.8) is 0 Å². The number of rotatable bonds is 4. The van der Waals surface area contributed by atoms with Gasteiger partial charge in [-0.1, -0.05) is 146 Å². The molecule has 0 saturated heterocycles. The molecule has 1 aliphatic rings. The van der Waals surface area contributed by atoms with Crippen LogP contribution in [0.5, 0.6) is 0 Å². The van der Waals surface area contributed by atoms with Gasteiger partial charge in [0.25, 0.3) is 0 Å². The van der Waals surface area contributed by atoms with Gasteiger partial charge in [-0.2, -0.15) is 0 Å². The van der Waals surface area contributed by atoms with Crippen molar-refractivity contribution in [1.29, 1.82) is 0 Å². The first-order valence-electron chi connectivity index (χ1n) is 15.4. The smallest absolute Gasteiger partial charge is 0.180 e. The molecule has 0 fully saturated rings. The number of nitrogens with zero attached hydrogens (tertiary/aromatic N) is 2. The lowest BCUT2D eigenvalue weighted by molar-refractivity contribution is 1.37. The maximum absolute atomic E-state index is 5.06. The first-order chi connectivity index (χ1) is 22.3. The van der Waals surface area contributed by atoms with Crippen LogP contribution in [0.1, 0.15) is 0 Å². The molecule has 2 nitrogen and oxygen atoms in total. The number of benzene rings is 6. The van der Waals surface area contributed by atoms with E-state index in [1.807, 2.05) is 12.3 Å². The zero-order valence-electron chi connectivity index (χ0n) is 24.6. The molecule has 0 bridgehead atoms. The van der Waals surface area contributed by atoms with Crippen molar-refractivity contribution < 1.29 is 0 Å². The van der Waals surface area contributed by atoms with Crippen molar-refractivity contribution in [2.45, 2.75) is 0 Å². The molecule has 45 heavy (non-hydrogen) atoms. The summed E-state index contributed by atoms with van der Waals surface area (Å²) in [6.07, 6.45) is 1.84. The summed E-state index contributed by atoms with van der Waals surface area (Å²) in [6.45, 7) is 0. The van der Waals surface area contributed by atoms with Crippen LogP contribution in [0.3, 0.4) is 0 Å². The molecule has 8 aromatic rings. The quantitative estimate of drug-likeness (QED) is 0.157. The lowest BCUT2D eigenvalue weighted by Gasteiger charge is -2.31. The molecule has 0 saturated carbocycles. The van der Waals surface area contributed by atoms with E-state index in [2.05, 4.69) is 163 Å². The molecule has 0 spiro atoms. The Labute approximate surface area is 263 Å². The first kappa shape index (κ1) is 25.8. The second-order valence-corrected chi connectivity index (χ2v) is 15.5. The molecule has 9 rings (SSSR count). The Morgan fingerprint density at radius 2 is 1.00 bits per heavy atom. The Morgan fingerprint density at radius 1 is 0.400 bits per heavy atom. The fraction of sp³-hybridized carbons (Fsp3) is 0. The van der Waals surface area contributed by atoms with E-state index in [-0.39, 0.29) is 0 Å². The van der Waals surface area contributed by atoms with Crippen LogP contribution in [0, 0.1) is 0 Å². The fourth-order valence-electron chi connectivity index (χ4n) is 7.35. The zero-order chi connectivity index (χ0) is 29.8. The van der Waals surface area contributed by atoms with Crippen LogP contribution in [-0.2, 0) is 0 Å². The summed E-state index contributed by atoms with van der Waals surface area (Å²) in [7, 11) is -2.46. The minimum atomic E-state index is -2.46. The molecule has 0 radical (unpaired) electrons. The summed E-state index contributed by atoms with van der Waals surface area (Å²) in [6, 6.07) is 59.9. The molecule has 210 valence electrons. The Kier molecular flexibility index (Phi) is 5.87. The van der Waals surface area contributed by atoms with E-state index in [4.69, 9.17) is 4.98 Å². The van der Waals surface area contributed by atoms with Crippen LogP contribution >= 0.6 is 0 Å².